The van der Waals surface area contributed by atoms with Gasteiger partial charge in [0.15, 0.2) is 23.0 Å². The van der Waals surface area contributed by atoms with Crippen LogP contribution in [0.2, 0.25) is 10.0 Å². The molecule has 1 unspecified atom stereocenters. The van der Waals surface area contributed by atoms with Crippen molar-refractivity contribution in [3.05, 3.63) is 74.8 Å². The van der Waals surface area contributed by atoms with Gasteiger partial charge in [-0.25, -0.2) is 4.98 Å². The van der Waals surface area contributed by atoms with Crippen molar-refractivity contribution in [2.75, 3.05) is 25.7 Å². The molecule has 1 aromatic heterocycles. The van der Waals surface area contributed by atoms with E-state index in [1.165, 1.54) is 38.5 Å². The first-order valence-electron chi connectivity index (χ1n) is 12.4. The Bertz CT molecular complexity index is 1750. The fraction of sp³-hybridized carbons (Fsp3) is 0.207. The number of aromatic nitrogens is 2. The molecule has 12 heteroatoms. The molecule has 4 aromatic rings. The highest BCUT2D eigenvalue weighted by atomic mass is 35.5. The minimum atomic E-state index is -1.19. The lowest BCUT2D eigenvalue weighted by atomic mass is 9.94. The van der Waals surface area contributed by atoms with Gasteiger partial charge >= 0.3 is 5.91 Å². The number of nitrogens with one attached hydrogen (secondary N) is 1. The average molecular weight is 598 g/mol. The van der Waals surface area contributed by atoms with Gasteiger partial charge < -0.3 is 29.4 Å². The lowest BCUT2D eigenvalue weighted by Crippen LogP contribution is -2.30. The van der Waals surface area contributed by atoms with Crippen LogP contribution in [0.15, 0.2) is 48.0 Å². The molecule has 0 spiro atoms. The van der Waals surface area contributed by atoms with Crippen LogP contribution in [0.5, 0.6) is 23.0 Å². The number of aromatic hydroxyl groups is 1. The van der Waals surface area contributed by atoms with Gasteiger partial charge in [0.1, 0.15) is 10.8 Å². The molecule has 0 radical (unpaired) electrons. The number of hydrogen-bond acceptors (Lipinski definition) is 8. The van der Waals surface area contributed by atoms with Crippen LogP contribution in [0.4, 0.5) is 5.95 Å². The highest BCUT2D eigenvalue weighted by Crippen LogP contribution is 2.48. The van der Waals surface area contributed by atoms with Crippen LogP contribution in [0, 0.1) is 6.92 Å². The van der Waals surface area contributed by atoms with Crippen LogP contribution < -0.4 is 19.1 Å². The SMILES string of the molecule is CCOc1cc(C2/C(=C(\O)c3cc(Cl)c(OC)c(Cl)c3OC)C(=O)C(=O)N2c2nc3ccc(C)cc3[nH]2)ccc1O. The molecule has 0 bridgehead atoms. The number of ketones is 1. The third kappa shape index (κ3) is 4.68. The predicted molar refractivity (Wildman–Crippen MR) is 154 cm³/mol. The van der Waals surface area contributed by atoms with E-state index in [4.69, 9.17) is 37.4 Å². The molecule has 3 aromatic carbocycles. The molecule has 1 amide bonds. The van der Waals surface area contributed by atoms with E-state index in [0.717, 1.165) is 10.5 Å². The first-order valence-corrected chi connectivity index (χ1v) is 13.2. The summed E-state index contributed by atoms with van der Waals surface area (Å²) in [6.07, 6.45) is 0. The summed E-state index contributed by atoms with van der Waals surface area (Å²) in [5.74, 6) is -2.35. The van der Waals surface area contributed by atoms with Gasteiger partial charge in [0.25, 0.3) is 5.78 Å². The van der Waals surface area contributed by atoms with Crippen LogP contribution >= 0.6 is 23.2 Å². The Morgan fingerprint density at radius 1 is 1.07 bits per heavy atom. The topological polar surface area (TPSA) is 134 Å². The van der Waals surface area contributed by atoms with Crippen molar-refractivity contribution >= 4 is 57.6 Å². The molecular formula is C29H25Cl2N3O7. The van der Waals surface area contributed by atoms with Crippen LogP contribution in [-0.2, 0) is 9.59 Å². The van der Waals surface area contributed by atoms with Crippen molar-refractivity contribution in [3.63, 3.8) is 0 Å². The fourth-order valence-corrected chi connectivity index (χ4v) is 5.54. The Labute approximate surface area is 244 Å². The van der Waals surface area contributed by atoms with Gasteiger partial charge in [0.05, 0.1) is 54.1 Å². The number of carbonyl (C=O) groups excluding carboxylic acids is 2. The van der Waals surface area contributed by atoms with E-state index in [2.05, 4.69) is 9.97 Å². The van der Waals surface area contributed by atoms with Gasteiger partial charge in [-0.3, -0.25) is 14.5 Å². The number of nitrogens with zero attached hydrogens (tertiary/aromatic N) is 2. The number of aliphatic hydroxyl groups excluding tert-OH is 1. The summed E-state index contributed by atoms with van der Waals surface area (Å²) in [6, 6.07) is 10.0. The minimum Gasteiger partial charge on any atom is -0.507 e. The number of carbonyl (C=O) groups is 2. The first kappa shape index (κ1) is 28.1. The zero-order valence-electron chi connectivity index (χ0n) is 22.4. The van der Waals surface area contributed by atoms with Gasteiger partial charge in [0.2, 0.25) is 5.95 Å². The van der Waals surface area contributed by atoms with E-state index in [1.807, 2.05) is 19.1 Å². The Hall–Kier alpha value is -4.41. The normalized spacial score (nSPS) is 16.4. The summed E-state index contributed by atoms with van der Waals surface area (Å²) in [5, 5.41) is 22.0. The molecule has 1 atom stereocenters. The standard InChI is InChI=1S/C29H25Cl2N3O7/c1-5-41-20-11-14(7-9-19(20)35)23-21(24(36)15-12-16(30)27(40-4)22(31)26(15)39-3)25(37)28(38)34(23)29-32-17-8-6-13(2)10-18(17)33-29/h6-12,23,35-36H,5H2,1-4H3,(H,32,33)/b24-21+. The Morgan fingerprint density at radius 3 is 2.49 bits per heavy atom. The Balaban J connectivity index is 1.80. The molecule has 3 N–H and O–H groups in total. The number of phenols is 1. The van der Waals surface area contributed by atoms with Crippen LogP contribution in [-0.4, -0.2) is 52.7 Å². The number of halogens is 2. The van der Waals surface area contributed by atoms with Gasteiger partial charge in [-0.05, 0) is 55.3 Å². The van der Waals surface area contributed by atoms with Crippen molar-refractivity contribution in [2.24, 2.45) is 0 Å². The Kier molecular flexibility index (Phi) is 7.46. The lowest BCUT2D eigenvalue weighted by molar-refractivity contribution is -0.132. The summed E-state index contributed by atoms with van der Waals surface area (Å²) in [6.45, 7) is 3.91. The quantitative estimate of drug-likeness (QED) is 0.136. The largest absolute Gasteiger partial charge is 0.507 e. The van der Waals surface area contributed by atoms with E-state index >= 15 is 0 Å². The molecule has 1 aliphatic heterocycles. The summed E-state index contributed by atoms with van der Waals surface area (Å²) < 4.78 is 16.2. The van der Waals surface area contributed by atoms with Crippen molar-refractivity contribution in [1.82, 2.24) is 9.97 Å². The molecule has 5 rings (SSSR count). The minimum absolute atomic E-state index is 0.0183. The van der Waals surface area contributed by atoms with Crippen molar-refractivity contribution in [3.8, 4) is 23.0 Å². The number of aliphatic hydroxyl groups is 1. The van der Waals surface area contributed by atoms with E-state index in [-0.39, 0.29) is 56.7 Å². The maximum atomic E-state index is 13.7. The van der Waals surface area contributed by atoms with Gasteiger partial charge in [-0.2, -0.15) is 0 Å². The van der Waals surface area contributed by atoms with Crippen molar-refractivity contribution < 1.29 is 34.0 Å². The summed E-state index contributed by atoms with van der Waals surface area (Å²) in [7, 11) is 2.69. The van der Waals surface area contributed by atoms with Gasteiger partial charge in [-0.1, -0.05) is 35.3 Å². The summed E-state index contributed by atoms with van der Waals surface area (Å²) in [5.41, 5.74) is 2.23. The number of fused-ring (bicyclic) bond motifs is 1. The number of hydrogen-bond donors (Lipinski definition) is 3. The van der Waals surface area contributed by atoms with E-state index in [9.17, 15) is 19.8 Å². The van der Waals surface area contributed by atoms with Crippen molar-refractivity contribution in [1.29, 1.82) is 0 Å². The summed E-state index contributed by atoms with van der Waals surface area (Å²) in [4.78, 5) is 36.1. The molecule has 2 heterocycles. The smallest absolute Gasteiger partial charge is 0.302 e. The number of aryl methyl sites for hydroxylation is 1. The fourth-order valence-electron chi connectivity index (χ4n) is 4.85. The van der Waals surface area contributed by atoms with Crippen LogP contribution in [0.1, 0.15) is 29.7 Å². The van der Waals surface area contributed by atoms with Crippen LogP contribution in [0.3, 0.4) is 0 Å². The monoisotopic (exact) mass is 597 g/mol. The zero-order valence-corrected chi connectivity index (χ0v) is 23.9. The number of ether oxygens (including phenoxy) is 3. The predicted octanol–water partition coefficient (Wildman–Crippen LogP) is 5.93. The van der Waals surface area contributed by atoms with Gasteiger partial charge in [0, 0.05) is 0 Å². The number of imidazole rings is 1. The van der Waals surface area contributed by atoms with E-state index in [0.29, 0.717) is 16.6 Å². The highest BCUT2D eigenvalue weighted by Gasteiger charge is 2.49. The third-order valence-corrected chi connectivity index (χ3v) is 7.32. The Morgan fingerprint density at radius 2 is 1.80 bits per heavy atom. The second-order valence-corrected chi connectivity index (χ2v) is 9.98. The van der Waals surface area contributed by atoms with Gasteiger partial charge in [-0.15, -0.1) is 0 Å². The number of H-pyrrole nitrogens is 1. The second-order valence-electron chi connectivity index (χ2n) is 9.20. The molecule has 1 saturated heterocycles. The van der Waals surface area contributed by atoms with Crippen LogP contribution in [0.25, 0.3) is 16.8 Å². The molecule has 1 fully saturated rings. The molecule has 10 nitrogen and oxygen atoms in total. The number of rotatable bonds is 7. The molecule has 212 valence electrons. The second kappa shape index (κ2) is 10.9. The lowest BCUT2D eigenvalue weighted by Gasteiger charge is -2.24. The maximum Gasteiger partial charge on any atom is 0.302 e. The highest BCUT2D eigenvalue weighted by molar-refractivity contribution is 6.51. The van der Waals surface area contributed by atoms with Crippen molar-refractivity contribution in [2.45, 2.75) is 19.9 Å². The number of phenolic OH excluding ortho intramolecular Hbond substituents is 1. The first-order chi connectivity index (χ1) is 19.6. The third-order valence-electron chi connectivity index (χ3n) is 6.69. The molecule has 41 heavy (non-hydrogen) atoms. The number of benzene rings is 3. The molecular weight excluding hydrogens is 573 g/mol. The number of aromatic amines is 1. The molecule has 0 aliphatic carbocycles. The van der Waals surface area contributed by atoms with E-state index in [1.54, 1.807) is 13.0 Å². The zero-order chi connectivity index (χ0) is 29.6. The number of Topliss-reactive ketones (excluding diaryl/α,β-unsaturated/α-hetero) is 1. The molecule has 1 aliphatic rings. The number of methoxy groups -OCH3 is 2. The molecule has 0 saturated carbocycles. The van der Waals surface area contributed by atoms with E-state index < -0.39 is 23.5 Å². The summed E-state index contributed by atoms with van der Waals surface area (Å²) >= 11 is 12.8. The number of amides is 1. The average Bonchev–Trinajstić information content (AvgIpc) is 3.47. The maximum absolute atomic E-state index is 13.7. The number of anilines is 1.